The van der Waals surface area contributed by atoms with E-state index in [0.717, 1.165) is 147 Å². The molecule has 14 atom stereocenters. The zero-order valence-electron chi connectivity index (χ0n) is 77.1. The molecule has 0 spiro atoms. The van der Waals surface area contributed by atoms with Gasteiger partial charge in [0.25, 0.3) is 0 Å². The molecule has 10 heteroatoms. The summed E-state index contributed by atoms with van der Waals surface area (Å²) in [6.07, 6.45) is 37.3. The number of para-hydroxylation sites is 4. The van der Waals surface area contributed by atoms with Crippen molar-refractivity contribution in [2.24, 2.45) is 70.0 Å². The van der Waals surface area contributed by atoms with E-state index in [1.807, 2.05) is 0 Å². The Labute approximate surface area is 763 Å². The monoisotopic (exact) mass is 1680 g/mol. The number of nitrogens with zero attached hydrogens (tertiary/aromatic N) is 2. The van der Waals surface area contributed by atoms with Crippen LogP contribution in [-0.4, -0.2) is 62.9 Å². The van der Waals surface area contributed by atoms with Crippen LogP contribution in [0.2, 0.25) is 34.9 Å². The molecule has 14 fully saturated rings. The topological polar surface area (TPSA) is 43.4 Å². The van der Waals surface area contributed by atoms with E-state index in [2.05, 4.69) is 270 Å². The van der Waals surface area contributed by atoms with E-state index in [1.54, 1.807) is 16.4 Å². The van der Waals surface area contributed by atoms with Gasteiger partial charge >= 0.3 is 6.98 Å². The van der Waals surface area contributed by atoms with Crippen molar-refractivity contribution < 1.29 is 18.9 Å². The third-order valence-corrected chi connectivity index (χ3v) is 38.6. The van der Waals surface area contributed by atoms with Gasteiger partial charge in [0, 0.05) is 43.8 Å². The van der Waals surface area contributed by atoms with Crippen LogP contribution in [-0.2, 0) is 0 Å². The van der Waals surface area contributed by atoms with E-state index in [4.69, 9.17) is 18.9 Å². The molecule has 8 bridgehead atoms. The SMILES string of the molecule is CC1C(B(c2ccc3c4c(cccc24)Oc2ccccc2-3)C2CC3CC(C2C)C3(C)C)CC2CC1C2(C)C.c1ccc2c(c1)Oc1cccc3c(B(C4CC5CCC4C5)C4CC5CCC4C5)ccc-2c13.c1ccc2c(c1)Oc1cccc3c(B(C4CCCCC4)C4CCCCC4)ccc-2c13.c1ccc2c(c1)Oc1cccc3c(B(N4CCCC4)N4CCCC4)ccc-2c13. The highest BCUT2D eigenvalue weighted by Gasteiger charge is 2.63. The first-order chi connectivity index (χ1) is 62.8. The molecular weight excluding hydrogens is 1550 g/mol. The summed E-state index contributed by atoms with van der Waals surface area (Å²) in [5.41, 5.74) is 17.7. The predicted molar refractivity (Wildman–Crippen MR) is 539 cm³/mol. The highest BCUT2D eigenvalue weighted by Crippen LogP contribution is 2.71. The first-order valence-corrected chi connectivity index (χ1v) is 51.6. The molecule has 12 saturated carbocycles. The Kier molecular flexibility index (Phi) is 20.6. The van der Waals surface area contributed by atoms with Gasteiger partial charge in [-0.1, -0.05) is 378 Å². The van der Waals surface area contributed by atoms with Gasteiger partial charge in [-0.15, -0.1) is 0 Å². The van der Waals surface area contributed by atoms with E-state index in [-0.39, 0.29) is 0 Å². The molecular formula is C118H130B4N2O4. The summed E-state index contributed by atoms with van der Waals surface area (Å²) in [5.74, 6) is 22.3. The largest absolute Gasteiger partial charge is 0.456 e. The molecule has 648 valence electrons. The van der Waals surface area contributed by atoms with Crippen LogP contribution in [0.3, 0.4) is 0 Å². The van der Waals surface area contributed by atoms with E-state index in [9.17, 15) is 0 Å². The van der Waals surface area contributed by atoms with Crippen molar-refractivity contribution in [1.82, 2.24) is 9.62 Å². The maximum atomic E-state index is 6.52. The third-order valence-electron chi connectivity index (χ3n) is 38.6. The normalized spacial score (nSPS) is 28.0. The molecule has 12 aromatic carbocycles. The van der Waals surface area contributed by atoms with Crippen molar-refractivity contribution in [1.29, 1.82) is 0 Å². The van der Waals surface area contributed by atoms with E-state index < -0.39 is 0 Å². The number of rotatable bonds is 12. The quantitative estimate of drug-likeness (QED) is 0.114. The van der Waals surface area contributed by atoms with Crippen LogP contribution in [0.5, 0.6) is 46.0 Å². The van der Waals surface area contributed by atoms with Crippen LogP contribution in [0.4, 0.5) is 0 Å². The van der Waals surface area contributed by atoms with Crippen LogP contribution in [0.25, 0.3) is 87.6 Å². The summed E-state index contributed by atoms with van der Waals surface area (Å²) >= 11 is 0. The molecule has 30 rings (SSSR count). The highest BCUT2D eigenvalue weighted by atomic mass is 16.5. The molecule has 2 saturated heterocycles. The van der Waals surface area contributed by atoms with E-state index in [1.165, 1.54) is 286 Å². The second kappa shape index (κ2) is 32.5. The Morgan fingerprint density at radius 3 is 0.898 bits per heavy atom. The Morgan fingerprint density at radius 1 is 0.266 bits per heavy atom. The van der Waals surface area contributed by atoms with Crippen molar-refractivity contribution in [2.45, 2.75) is 243 Å². The predicted octanol–water partition coefficient (Wildman–Crippen LogP) is 29.6. The maximum absolute atomic E-state index is 6.52. The maximum Gasteiger partial charge on any atom is 0.346 e. The van der Waals surface area contributed by atoms with Gasteiger partial charge in [0.2, 0.25) is 0 Å². The lowest BCUT2D eigenvalue weighted by atomic mass is 9.19. The van der Waals surface area contributed by atoms with E-state index in [0.29, 0.717) is 31.2 Å². The molecule has 12 aliphatic carbocycles. The Bertz CT molecular complexity index is 6180. The third kappa shape index (κ3) is 13.4. The van der Waals surface area contributed by atoms with Crippen molar-refractivity contribution >= 4 is 92.1 Å². The fraction of sp³-hybridized carbons (Fsp3) is 0.458. The fourth-order valence-electron chi connectivity index (χ4n) is 32.3. The van der Waals surface area contributed by atoms with Gasteiger partial charge in [0.15, 0.2) is 20.1 Å². The lowest BCUT2D eigenvalue weighted by Gasteiger charge is -2.66. The summed E-state index contributed by atoms with van der Waals surface area (Å²) in [6.45, 7) is 22.9. The van der Waals surface area contributed by atoms with Crippen molar-refractivity contribution in [3.05, 3.63) is 218 Å². The number of benzene rings is 12. The molecule has 6 heterocycles. The van der Waals surface area contributed by atoms with Gasteiger partial charge in [-0.25, -0.2) is 0 Å². The highest BCUT2D eigenvalue weighted by molar-refractivity contribution is 6.80. The van der Waals surface area contributed by atoms with Gasteiger partial charge < -0.3 is 28.6 Å². The zero-order valence-corrected chi connectivity index (χ0v) is 77.1. The standard InChI is InChI=1S/C36H43BO.C30H31BO.C28H31BO.C24H25BN2O/c1-20-27-16-22(35(27,3)4)18-30(20)37(31-19-23-17-28(21(31)2)36(23,5)6)29-15-14-25-24-10-7-8-12-32(24)38-33-13-9-11-26(29)34(25)33;1-2-6-28-22(4-1)23-12-13-25(24-5-3-7-29(32-28)30(23)24)31(26-16-18-8-10-20(26)14-18)27-17-19-9-11-21(27)15-19;1-3-10-20(11-4-1)29(21-12-5-2-6-13-21)25-19-18-23-22-14-7-8-16-26(22)30-27-17-9-15-24(25)28(23)27;1-2-10-22-18(8-1)19-12-13-21(20-9-7-11-23(28-22)24(19)20)25(26-14-3-4-15-26)27-16-5-6-17-27/h7-15,20-23,27-28,30-31H,16-19H2,1-6H3;1-7,12-13,18-21,26-27H,8-11,14-17H2;7-9,14-21H,1-6,10-13H2;1-2,7-13H,3-6,14-17H2. The minimum atomic E-state index is 0.395. The summed E-state index contributed by atoms with van der Waals surface area (Å²) < 4.78 is 25.6. The number of hydrogen-bond donors (Lipinski definition) is 0. The molecule has 128 heavy (non-hydrogen) atoms. The van der Waals surface area contributed by atoms with Crippen LogP contribution in [0, 0.1) is 70.0 Å². The molecule has 0 amide bonds. The molecule has 6 aliphatic heterocycles. The van der Waals surface area contributed by atoms with Gasteiger partial charge in [-0.05, 0) is 245 Å². The second-order valence-corrected chi connectivity index (χ2v) is 45.1. The van der Waals surface area contributed by atoms with Gasteiger partial charge in [-0.2, -0.15) is 0 Å². The van der Waals surface area contributed by atoms with Gasteiger partial charge in [0.1, 0.15) is 46.0 Å². The van der Waals surface area contributed by atoms with Crippen LogP contribution < -0.4 is 40.8 Å². The zero-order chi connectivity index (χ0) is 85.4. The second-order valence-electron chi connectivity index (χ2n) is 45.1. The van der Waals surface area contributed by atoms with Crippen LogP contribution >= 0.6 is 0 Å². The lowest BCUT2D eigenvalue weighted by Crippen LogP contribution is -2.61. The molecule has 18 aliphatic rings. The summed E-state index contributed by atoms with van der Waals surface area (Å²) in [5, 5.41) is 11.1. The Morgan fingerprint density at radius 2 is 0.578 bits per heavy atom. The summed E-state index contributed by atoms with van der Waals surface area (Å²) in [4.78, 5) is 5.40. The molecule has 6 nitrogen and oxygen atoms in total. The number of ether oxygens (including phenoxy) is 4. The van der Waals surface area contributed by atoms with Crippen LogP contribution in [0.1, 0.15) is 208 Å². The van der Waals surface area contributed by atoms with Crippen LogP contribution in [0.15, 0.2) is 218 Å². The summed E-state index contributed by atoms with van der Waals surface area (Å²) in [6, 6.07) is 80.6. The fourth-order valence-corrected chi connectivity index (χ4v) is 32.3. The van der Waals surface area contributed by atoms with Crippen molar-refractivity contribution in [3.8, 4) is 90.5 Å². The smallest absolute Gasteiger partial charge is 0.346 e. The minimum Gasteiger partial charge on any atom is -0.456 e. The molecule has 12 aromatic rings. The van der Waals surface area contributed by atoms with Gasteiger partial charge in [0.05, 0.1) is 0 Å². The first-order valence-electron chi connectivity index (χ1n) is 51.6. The van der Waals surface area contributed by atoms with E-state index >= 15 is 0 Å². The van der Waals surface area contributed by atoms with Gasteiger partial charge in [-0.3, -0.25) is 0 Å². The molecule has 0 aromatic heterocycles. The average Bonchev–Trinajstić information content (AvgIpc) is 0.799. The first kappa shape index (κ1) is 81.1. The summed E-state index contributed by atoms with van der Waals surface area (Å²) in [7, 11) is 0. The molecule has 0 radical (unpaired) electrons. The lowest BCUT2D eigenvalue weighted by molar-refractivity contribution is -0.107. The Balaban J connectivity index is 0.0000000932. The minimum absolute atomic E-state index is 0.395. The molecule has 14 unspecified atom stereocenters. The average molecular weight is 1680 g/mol. The van der Waals surface area contributed by atoms with Crippen molar-refractivity contribution in [3.63, 3.8) is 0 Å². The van der Waals surface area contributed by atoms with Crippen molar-refractivity contribution in [2.75, 3.05) is 26.2 Å². The number of hydrogen-bond acceptors (Lipinski definition) is 6. The molecule has 0 N–H and O–H groups in total. The Hall–Kier alpha value is -8.94. The number of fused-ring (bicyclic) bond motifs is 16.